The number of hydrogen-bond acceptors (Lipinski definition) is 2. The normalized spacial score (nSPS) is 31.2. The molecule has 54 valence electrons. The molecule has 0 N–H and O–H groups in total. The number of hydrogen-bond donors (Lipinski definition) is 0. The molecule has 0 saturated heterocycles. The molecule has 2 heterocycles. The van der Waals surface area contributed by atoms with Crippen LogP contribution in [0.1, 0.15) is 25.7 Å². The number of rotatable bonds is 0. The molecular formula is C8H12N2. The lowest BCUT2D eigenvalue weighted by molar-refractivity contribution is 0.646. The van der Waals surface area contributed by atoms with Crippen LogP contribution in [0.4, 0.5) is 0 Å². The maximum atomic E-state index is 4.45. The van der Waals surface area contributed by atoms with Crippen LogP contribution in [0, 0.1) is 0 Å². The monoisotopic (exact) mass is 136 g/mol. The highest BCUT2D eigenvalue weighted by molar-refractivity contribution is 5.94. The van der Waals surface area contributed by atoms with Crippen LogP contribution in [0.15, 0.2) is 9.98 Å². The zero-order valence-corrected chi connectivity index (χ0v) is 6.08. The fourth-order valence-corrected chi connectivity index (χ4v) is 1.60. The Bertz CT molecular complexity index is 182. The second-order valence-corrected chi connectivity index (χ2v) is 2.90. The Morgan fingerprint density at radius 3 is 3.40 bits per heavy atom. The van der Waals surface area contributed by atoms with Gasteiger partial charge in [0.1, 0.15) is 0 Å². The largest absolute Gasteiger partial charge is 0.292 e. The highest BCUT2D eigenvalue weighted by Gasteiger charge is 2.19. The minimum absolute atomic E-state index is 0.475. The fraction of sp³-hybridized carbons (Fsp3) is 0.750. The Morgan fingerprint density at radius 2 is 2.50 bits per heavy atom. The average Bonchev–Trinajstić information content (AvgIpc) is 2.05. The molecular weight excluding hydrogens is 124 g/mol. The highest BCUT2D eigenvalue weighted by atomic mass is 14.9. The first-order valence-electron chi connectivity index (χ1n) is 4.01. The zero-order valence-electron chi connectivity index (χ0n) is 6.08. The van der Waals surface area contributed by atoms with E-state index in [-0.39, 0.29) is 0 Å². The summed E-state index contributed by atoms with van der Waals surface area (Å²) in [7, 11) is 0. The van der Waals surface area contributed by atoms with Gasteiger partial charge in [-0.1, -0.05) is 0 Å². The molecule has 2 aliphatic rings. The molecule has 10 heavy (non-hydrogen) atoms. The minimum Gasteiger partial charge on any atom is -0.292 e. The average molecular weight is 136 g/mol. The lowest BCUT2D eigenvalue weighted by Crippen LogP contribution is -2.26. The molecule has 0 aliphatic carbocycles. The summed E-state index contributed by atoms with van der Waals surface area (Å²) in [5, 5.41) is 0. The fourth-order valence-electron chi connectivity index (χ4n) is 1.60. The molecule has 0 aromatic carbocycles. The third-order valence-corrected chi connectivity index (χ3v) is 2.15. The van der Waals surface area contributed by atoms with Gasteiger partial charge in [0.15, 0.2) is 0 Å². The molecule has 0 spiro atoms. The second kappa shape index (κ2) is 2.52. The SMILES string of the molecule is C1=NC2CCCN=C2CC1. The summed E-state index contributed by atoms with van der Waals surface area (Å²) in [6, 6.07) is 0.475. The summed E-state index contributed by atoms with van der Waals surface area (Å²) in [5.74, 6) is 0. The first kappa shape index (κ1) is 6.08. The molecule has 2 rings (SSSR count). The third kappa shape index (κ3) is 0.981. The van der Waals surface area contributed by atoms with Crippen molar-refractivity contribution >= 4 is 11.9 Å². The molecule has 0 saturated carbocycles. The molecule has 2 heteroatoms. The molecule has 0 bridgehead atoms. The van der Waals surface area contributed by atoms with E-state index in [1.54, 1.807) is 0 Å². The first-order chi connectivity index (χ1) is 4.97. The summed E-state index contributed by atoms with van der Waals surface area (Å²) in [6.07, 6.45) is 6.78. The number of aliphatic imine (C=N–C) groups is 2. The van der Waals surface area contributed by atoms with E-state index in [4.69, 9.17) is 0 Å². The lowest BCUT2D eigenvalue weighted by atomic mass is 9.98. The van der Waals surface area contributed by atoms with E-state index < -0.39 is 0 Å². The van der Waals surface area contributed by atoms with Gasteiger partial charge < -0.3 is 0 Å². The van der Waals surface area contributed by atoms with Crippen LogP contribution >= 0.6 is 0 Å². The van der Waals surface area contributed by atoms with Crippen LogP contribution in [0.25, 0.3) is 0 Å². The van der Waals surface area contributed by atoms with E-state index in [2.05, 4.69) is 16.2 Å². The quantitative estimate of drug-likeness (QED) is 0.481. The van der Waals surface area contributed by atoms with Gasteiger partial charge in [-0.25, -0.2) is 0 Å². The minimum atomic E-state index is 0.475. The van der Waals surface area contributed by atoms with E-state index >= 15 is 0 Å². The summed E-state index contributed by atoms with van der Waals surface area (Å²) in [4.78, 5) is 8.85. The molecule has 2 nitrogen and oxygen atoms in total. The summed E-state index contributed by atoms with van der Waals surface area (Å²) in [6.45, 7) is 1.04. The Labute approximate surface area is 61.1 Å². The third-order valence-electron chi connectivity index (χ3n) is 2.15. The van der Waals surface area contributed by atoms with Crippen molar-refractivity contribution in [2.45, 2.75) is 31.7 Å². The predicted octanol–water partition coefficient (Wildman–Crippen LogP) is 1.45. The Balaban J connectivity index is 2.20. The van der Waals surface area contributed by atoms with Crippen molar-refractivity contribution in [3.8, 4) is 0 Å². The van der Waals surface area contributed by atoms with Crippen molar-refractivity contribution in [2.24, 2.45) is 9.98 Å². The van der Waals surface area contributed by atoms with Gasteiger partial charge in [0.2, 0.25) is 0 Å². The van der Waals surface area contributed by atoms with E-state index in [1.807, 2.05) is 0 Å². The van der Waals surface area contributed by atoms with Crippen LogP contribution in [-0.2, 0) is 0 Å². The van der Waals surface area contributed by atoms with Gasteiger partial charge in [-0.2, -0.15) is 0 Å². The van der Waals surface area contributed by atoms with Gasteiger partial charge in [-0.3, -0.25) is 9.98 Å². The van der Waals surface area contributed by atoms with Crippen LogP contribution < -0.4 is 0 Å². The van der Waals surface area contributed by atoms with Crippen molar-refractivity contribution in [1.82, 2.24) is 0 Å². The van der Waals surface area contributed by atoms with Crippen LogP contribution in [0.2, 0.25) is 0 Å². The molecule has 2 aliphatic heterocycles. The van der Waals surface area contributed by atoms with E-state index in [1.165, 1.54) is 18.6 Å². The van der Waals surface area contributed by atoms with E-state index in [9.17, 15) is 0 Å². The Morgan fingerprint density at radius 1 is 1.50 bits per heavy atom. The summed E-state index contributed by atoms with van der Waals surface area (Å²) in [5.41, 5.74) is 1.36. The first-order valence-corrected chi connectivity index (χ1v) is 4.01. The van der Waals surface area contributed by atoms with Gasteiger partial charge in [0.25, 0.3) is 0 Å². The van der Waals surface area contributed by atoms with Crippen LogP contribution in [0.3, 0.4) is 0 Å². The zero-order chi connectivity index (χ0) is 6.81. The molecule has 0 amide bonds. The van der Waals surface area contributed by atoms with E-state index in [0.29, 0.717) is 6.04 Å². The molecule has 1 unspecified atom stereocenters. The second-order valence-electron chi connectivity index (χ2n) is 2.90. The smallest absolute Gasteiger partial charge is 0.0872 e. The molecule has 0 radical (unpaired) electrons. The van der Waals surface area contributed by atoms with Crippen molar-refractivity contribution in [3.05, 3.63) is 0 Å². The van der Waals surface area contributed by atoms with E-state index in [0.717, 1.165) is 19.4 Å². The number of nitrogens with zero attached hydrogens (tertiary/aromatic N) is 2. The van der Waals surface area contributed by atoms with Crippen molar-refractivity contribution in [1.29, 1.82) is 0 Å². The molecule has 0 fully saturated rings. The van der Waals surface area contributed by atoms with Gasteiger partial charge in [0, 0.05) is 12.3 Å². The molecule has 0 aromatic rings. The summed E-state index contributed by atoms with van der Waals surface area (Å²) < 4.78 is 0. The number of fused-ring (bicyclic) bond motifs is 1. The Kier molecular flexibility index (Phi) is 1.53. The maximum Gasteiger partial charge on any atom is 0.0872 e. The lowest BCUT2D eigenvalue weighted by Gasteiger charge is -2.22. The van der Waals surface area contributed by atoms with Gasteiger partial charge in [-0.05, 0) is 31.9 Å². The van der Waals surface area contributed by atoms with Crippen molar-refractivity contribution in [3.63, 3.8) is 0 Å². The van der Waals surface area contributed by atoms with Crippen LogP contribution in [0.5, 0.6) is 0 Å². The molecule has 1 atom stereocenters. The Hall–Kier alpha value is -0.660. The topological polar surface area (TPSA) is 24.7 Å². The van der Waals surface area contributed by atoms with Gasteiger partial charge in [-0.15, -0.1) is 0 Å². The molecule has 0 aromatic heterocycles. The van der Waals surface area contributed by atoms with Crippen molar-refractivity contribution < 1.29 is 0 Å². The maximum absolute atomic E-state index is 4.45. The predicted molar refractivity (Wildman–Crippen MR) is 43.1 cm³/mol. The van der Waals surface area contributed by atoms with Crippen molar-refractivity contribution in [2.75, 3.05) is 6.54 Å². The van der Waals surface area contributed by atoms with Crippen LogP contribution in [-0.4, -0.2) is 24.5 Å². The van der Waals surface area contributed by atoms with Gasteiger partial charge >= 0.3 is 0 Å². The highest BCUT2D eigenvalue weighted by Crippen LogP contribution is 2.16. The summed E-state index contributed by atoms with van der Waals surface area (Å²) >= 11 is 0. The van der Waals surface area contributed by atoms with Gasteiger partial charge in [0.05, 0.1) is 6.04 Å². The standard InChI is InChI=1S/C8H12N2/c1-3-7-8(9-5-1)4-2-6-10-7/h5,8H,1-4,6H2.